The van der Waals surface area contributed by atoms with E-state index in [1.165, 1.54) is 122 Å². The first-order valence-electron chi connectivity index (χ1n) is 34.3. The number of phosphoric ester groups is 1. The van der Waals surface area contributed by atoms with Crippen LogP contribution in [0.25, 0.3) is 0 Å². The SMILES string of the molecule is CC/C=C\C/C=C\C/C=C\C/C=C\C/C=C\C/C=C\CCCCCCCCCCCCCCCCCCCCCCCCC(=O)OC(COC(=O)CCCCCC/C=C\C/C=C\C/C=C\C/C=C\C/C=C\C/C=C\CC)COP(=O)(O)OCCN. The molecule has 0 saturated carbocycles. The zero-order chi connectivity index (χ0) is 61.6. The summed E-state index contributed by atoms with van der Waals surface area (Å²) in [6.45, 7) is 3.49. The van der Waals surface area contributed by atoms with Gasteiger partial charge in [0, 0.05) is 19.4 Å². The zero-order valence-corrected chi connectivity index (χ0v) is 55.2. The monoisotopic (exact) mass is 1200 g/mol. The van der Waals surface area contributed by atoms with E-state index in [2.05, 4.69) is 160 Å². The molecule has 0 bridgehead atoms. The molecule has 0 aliphatic rings. The van der Waals surface area contributed by atoms with Gasteiger partial charge >= 0.3 is 19.8 Å². The zero-order valence-electron chi connectivity index (χ0n) is 54.3. The van der Waals surface area contributed by atoms with E-state index >= 15 is 0 Å². The third-order valence-electron chi connectivity index (χ3n) is 14.2. The van der Waals surface area contributed by atoms with E-state index in [0.29, 0.717) is 12.8 Å². The maximum absolute atomic E-state index is 12.8. The number of esters is 2. The molecule has 0 aliphatic heterocycles. The standard InChI is InChI=1S/C75H126NO8P/c1-3-5-7-9-11-13-15-17-19-21-23-25-27-28-29-30-31-32-33-34-35-36-37-38-39-40-41-42-43-44-46-48-50-52-54-56-58-60-62-64-66-68-75(78)84-73(72-83-85(79,80)82-70-69-76)71-81-74(77)67-65-63-61-59-57-55-53-51-49-47-45-26-24-22-20-18-16-14-12-10-8-6-4-2/h5-8,11-14,17-20,23-26,28-29,31-32,47,49,53,55,73H,3-4,9-10,15-16,21-22,27,30,33-46,48,50-52,54,56-72,76H2,1-2H3,(H,79,80)/b7-5-,8-6-,13-11-,14-12-,19-17-,20-18-,25-23-,26-24-,29-28-,32-31-,49-47-,55-53-. The van der Waals surface area contributed by atoms with E-state index < -0.39 is 32.5 Å². The molecule has 0 heterocycles. The first kappa shape index (κ1) is 80.9. The van der Waals surface area contributed by atoms with Crippen LogP contribution in [-0.4, -0.2) is 49.3 Å². The highest BCUT2D eigenvalue weighted by Crippen LogP contribution is 2.43. The Bertz CT molecular complexity index is 1900. The second-order valence-corrected chi connectivity index (χ2v) is 23.7. The summed E-state index contributed by atoms with van der Waals surface area (Å²) in [5.74, 6) is -0.856. The minimum absolute atomic E-state index is 0.0443. The van der Waals surface area contributed by atoms with Gasteiger partial charge in [0.05, 0.1) is 13.2 Å². The minimum Gasteiger partial charge on any atom is -0.462 e. The molecular formula is C75H126NO8P. The topological polar surface area (TPSA) is 134 Å². The first-order valence-corrected chi connectivity index (χ1v) is 35.8. The summed E-state index contributed by atoms with van der Waals surface area (Å²) < 4.78 is 33.1. The van der Waals surface area contributed by atoms with Crippen molar-refractivity contribution in [2.45, 2.75) is 290 Å². The Kier molecular flexibility index (Phi) is 65.7. The fourth-order valence-electron chi connectivity index (χ4n) is 9.23. The molecule has 0 aromatic heterocycles. The summed E-state index contributed by atoms with van der Waals surface area (Å²) in [7, 11) is -4.41. The van der Waals surface area contributed by atoms with Crippen molar-refractivity contribution in [3.63, 3.8) is 0 Å². The number of rotatable bonds is 63. The maximum Gasteiger partial charge on any atom is 0.472 e. The second-order valence-electron chi connectivity index (χ2n) is 22.3. The van der Waals surface area contributed by atoms with Crippen molar-refractivity contribution >= 4 is 19.8 Å². The van der Waals surface area contributed by atoms with Crippen LogP contribution in [-0.2, 0) is 32.7 Å². The quantitative estimate of drug-likeness (QED) is 0.0264. The van der Waals surface area contributed by atoms with Gasteiger partial charge in [-0.15, -0.1) is 0 Å². The molecule has 2 unspecified atom stereocenters. The Morgan fingerprint density at radius 3 is 0.906 bits per heavy atom. The van der Waals surface area contributed by atoms with E-state index in [-0.39, 0.29) is 32.6 Å². The lowest BCUT2D eigenvalue weighted by Gasteiger charge is -2.19. The maximum atomic E-state index is 12.8. The first-order chi connectivity index (χ1) is 41.8. The van der Waals surface area contributed by atoms with Gasteiger partial charge < -0.3 is 20.1 Å². The van der Waals surface area contributed by atoms with Crippen LogP contribution in [0, 0.1) is 0 Å². The molecule has 0 aliphatic carbocycles. The van der Waals surface area contributed by atoms with Crippen molar-refractivity contribution < 1.29 is 37.6 Å². The lowest BCUT2D eigenvalue weighted by atomic mass is 10.0. The molecule has 85 heavy (non-hydrogen) atoms. The molecule has 0 rings (SSSR count). The molecule has 0 aromatic carbocycles. The van der Waals surface area contributed by atoms with Crippen molar-refractivity contribution in [2.75, 3.05) is 26.4 Å². The van der Waals surface area contributed by atoms with Crippen LogP contribution in [0.1, 0.15) is 284 Å². The lowest BCUT2D eigenvalue weighted by molar-refractivity contribution is -0.161. The number of hydrogen-bond donors (Lipinski definition) is 2. The van der Waals surface area contributed by atoms with Gasteiger partial charge in [-0.05, 0) is 116 Å². The van der Waals surface area contributed by atoms with Gasteiger partial charge in [-0.1, -0.05) is 301 Å². The summed E-state index contributed by atoms with van der Waals surface area (Å²) in [4.78, 5) is 35.3. The van der Waals surface area contributed by atoms with E-state index in [9.17, 15) is 19.0 Å². The van der Waals surface area contributed by atoms with E-state index in [4.69, 9.17) is 24.3 Å². The summed E-state index contributed by atoms with van der Waals surface area (Å²) in [6, 6.07) is 0. The lowest BCUT2D eigenvalue weighted by Crippen LogP contribution is -2.29. The molecule has 0 amide bonds. The van der Waals surface area contributed by atoms with Crippen molar-refractivity contribution in [1.29, 1.82) is 0 Å². The number of carbonyl (C=O) groups excluding carboxylic acids is 2. The van der Waals surface area contributed by atoms with E-state index in [1.807, 2.05) is 0 Å². The highest BCUT2D eigenvalue weighted by molar-refractivity contribution is 7.47. The van der Waals surface area contributed by atoms with Crippen LogP contribution in [0.5, 0.6) is 0 Å². The number of ether oxygens (including phenoxy) is 2. The summed E-state index contributed by atoms with van der Waals surface area (Å²) in [5.41, 5.74) is 5.39. The third-order valence-corrected chi connectivity index (χ3v) is 15.2. The fraction of sp³-hybridized carbons (Fsp3) is 0.653. The predicted octanol–water partition coefficient (Wildman–Crippen LogP) is 22.6. The Morgan fingerprint density at radius 1 is 0.353 bits per heavy atom. The number of allylic oxidation sites excluding steroid dienone is 24. The fourth-order valence-corrected chi connectivity index (χ4v) is 10.00. The normalized spacial score (nSPS) is 13.9. The number of carbonyl (C=O) groups is 2. The highest BCUT2D eigenvalue weighted by atomic mass is 31.2. The average Bonchev–Trinajstić information content (AvgIpc) is 3.52. The van der Waals surface area contributed by atoms with Crippen LogP contribution in [0.4, 0.5) is 0 Å². The van der Waals surface area contributed by atoms with Gasteiger partial charge in [0.1, 0.15) is 6.61 Å². The molecular weight excluding hydrogens is 1070 g/mol. The number of unbranched alkanes of at least 4 members (excludes halogenated alkanes) is 26. The molecule has 0 aromatic rings. The van der Waals surface area contributed by atoms with E-state index in [1.54, 1.807) is 0 Å². The molecule has 3 N–H and O–H groups in total. The Labute approximate surface area is 522 Å². The van der Waals surface area contributed by atoms with Crippen molar-refractivity contribution in [3.05, 3.63) is 146 Å². The van der Waals surface area contributed by atoms with Gasteiger partial charge in [0.2, 0.25) is 0 Å². The number of hydrogen-bond acceptors (Lipinski definition) is 8. The van der Waals surface area contributed by atoms with Crippen molar-refractivity contribution in [2.24, 2.45) is 5.73 Å². The molecule has 0 radical (unpaired) electrons. The Hall–Kier alpha value is -4.11. The van der Waals surface area contributed by atoms with Gasteiger partial charge in [-0.25, -0.2) is 4.57 Å². The van der Waals surface area contributed by atoms with Gasteiger partial charge in [0.15, 0.2) is 6.10 Å². The summed E-state index contributed by atoms with van der Waals surface area (Å²) >= 11 is 0. The predicted molar refractivity (Wildman–Crippen MR) is 367 cm³/mol. The Balaban J connectivity index is 3.87. The molecule has 10 heteroatoms. The van der Waals surface area contributed by atoms with E-state index in [0.717, 1.165) is 122 Å². The van der Waals surface area contributed by atoms with Crippen LogP contribution < -0.4 is 5.73 Å². The largest absolute Gasteiger partial charge is 0.472 e. The van der Waals surface area contributed by atoms with Gasteiger partial charge in [0.25, 0.3) is 0 Å². The average molecular weight is 1200 g/mol. The number of nitrogens with two attached hydrogens (primary N) is 1. The highest BCUT2D eigenvalue weighted by Gasteiger charge is 2.26. The van der Waals surface area contributed by atoms with Gasteiger partial charge in [-0.2, -0.15) is 0 Å². The van der Waals surface area contributed by atoms with Crippen LogP contribution in [0.3, 0.4) is 0 Å². The van der Waals surface area contributed by atoms with Crippen molar-refractivity contribution in [1.82, 2.24) is 0 Å². The summed E-state index contributed by atoms with van der Waals surface area (Å²) in [5, 5.41) is 0. The molecule has 484 valence electrons. The minimum atomic E-state index is -4.41. The second kappa shape index (κ2) is 69.0. The third kappa shape index (κ3) is 68.9. The smallest absolute Gasteiger partial charge is 0.462 e. The molecule has 0 spiro atoms. The van der Waals surface area contributed by atoms with Gasteiger partial charge in [-0.3, -0.25) is 18.6 Å². The molecule has 0 fully saturated rings. The Morgan fingerprint density at radius 2 is 0.612 bits per heavy atom. The van der Waals surface area contributed by atoms with Crippen LogP contribution in [0.15, 0.2) is 146 Å². The van der Waals surface area contributed by atoms with Crippen LogP contribution in [0.2, 0.25) is 0 Å². The number of phosphoric acid groups is 1. The summed E-state index contributed by atoms with van der Waals surface area (Å²) in [6.07, 6.45) is 99.4. The molecule has 2 atom stereocenters. The molecule has 9 nitrogen and oxygen atoms in total. The van der Waals surface area contributed by atoms with Crippen LogP contribution >= 0.6 is 7.82 Å². The van der Waals surface area contributed by atoms with Crippen molar-refractivity contribution in [3.8, 4) is 0 Å². The molecule has 0 saturated heterocycles.